The van der Waals surface area contributed by atoms with Crippen LogP contribution in [0.3, 0.4) is 0 Å². The van der Waals surface area contributed by atoms with E-state index in [2.05, 4.69) is 41.0 Å². The summed E-state index contributed by atoms with van der Waals surface area (Å²) in [4.78, 5) is 25.1. The fraction of sp³-hybridized carbons (Fsp3) is 0.280. The van der Waals surface area contributed by atoms with Gasteiger partial charge >= 0.3 is 0 Å². The molecule has 4 aromatic carbocycles. The maximum Gasteiger partial charge on any atom is 0.171 e. The largest absolute Gasteiger partial charge is 0.486 e. The lowest BCUT2D eigenvalue weighted by molar-refractivity contribution is 0.0622. The highest BCUT2D eigenvalue weighted by Crippen LogP contribution is 2.38. The van der Waals surface area contributed by atoms with Crippen molar-refractivity contribution in [3.63, 3.8) is 0 Å². The summed E-state index contributed by atoms with van der Waals surface area (Å²) >= 11 is 5.65. The number of nitrogens with zero attached hydrogens (tertiary/aromatic N) is 7. The Morgan fingerprint density at radius 3 is 1.89 bits per heavy atom. The summed E-state index contributed by atoms with van der Waals surface area (Å²) in [5.41, 5.74) is 4.31. The highest BCUT2D eigenvalue weighted by Gasteiger charge is 2.27. The summed E-state index contributed by atoms with van der Waals surface area (Å²) in [6.45, 7) is 11.1. The van der Waals surface area contributed by atoms with Gasteiger partial charge in [-0.3, -0.25) is 9.88 Å². The summed E-state index contributed by atoms with van der Waals surface area (Å²) in [5.74, 6) is 2.82. The SMILES string of the molecule is Cc1ccc2c3c(ccc2n1)OC[C@H](CN1CCCN(c2ccc4cc(F)ccc4n2)CC1)O3.Fc1ccc2nc(Cl)ccc2c1.Fc1ccc2nc(N3CCCNCC3)ccc2c1. The van der Waals surface area contributed by atoms with Crippen molar-refractivity contribution in [3.05, 3.63) is 144 Å². The maximum absolute atomic E-state index is 13.5. The Kier molecular flexibility index (Phi) is 13.2. The predicted molar refractivity (Wildman–Crippen MR) is 249 cm³/mol. The number of hydrogen-bond acceptors (Lipinski definition) is 10. The molecule has 0 unspecified atom stereocenters. The van der Waals surface area contributed by atoms with Crippen LogP contribution in [0, 0.1) is 24.4 Å². The van der Waals surface area contributed by atoms with Crippen molar-refractivity contribution in [2.24, 2.45) is 0 Å². The minimum absolute atomic E-state index is 0.0281. The minimum Gasteiger partial charge on any atom is -0.486 e. The fourth-order valence-corrected chi connectivity index (χ4v) is 8.46. The minimum atomic E-state index is -0.258. The molecule has 1 N–H and O–H groups in total. The molecule has 0 saturated carbocycles. The van der Waals surface area contributed by atoms with Crippen LogP contribution in [0.25, 0.3) is 43.6 Å². The van der Waals surface area contributed by atoms with Crippen molar-refractivity contribution >= 4 is 66.8 Å². The Balaban J connectivity index is 0.000000143. The van der Waals surface area contributed by atoms with E-state index in [0.29, 0.717) is 17.3 Å². The zero-order chi connectivity index (χ0) is 44.0. The topological polar surface area (TPSA) is 91.8 Å². The first kappa shape index (κ1) is 43.0. The Labute approximate surface area is 374 Å². The number of anilines is 2. The Morgan fingerprint density at radius 1 is 0.594 bits per heavy atom. The standard InChI is InChI=1S/C27H27FN4O2.C14H16FN3.C9H5ClFN/c1-18-3-6-22-24(29-18)8-9-25-27(22)34-21(17-33-25)16-31-11-2-12-32(14-13-31)26-10-4-19-15-20(28)5-7-23(19)30-26;15-12-3-4-13-11(10-12)2-5-14(17-13)18-8-1-6-16-7-9-18;10-9-4-1-6-5-7(11)2-3-8(6)12-9/h3-10,15,21H,2,11-14,16-17H2,1H3;2-5,10,16H,1,6-9H2;1-5H/t21-;;/m0../s1. The van der Waals surface area contributed by atoms with Gasteiger partial charge in [0.15, 0.2) is 11.5 Å². The molecular formula is C50H48ClF3N8O2. The monoisotopic (exact) mass is 884 g/mol. The lowest BCUT2D eigenvalue weighted by atomic mass is 10.1. The van der Waals surface area contributed by atoms with Crippen LogP contribution in [-0.4, -0.2) is 96.4 Å². The molecule has 1 atom stereocenters. The molecule has 3 aliphatic rings. The molecule has 328 valence electrons. The van der Waals surface area contributed by atoms with E-state index >= 15 is 0 Å². The molecule has 8 aromatic rings. The molecule has 4 aromatic heterocycles. The van der Waals surface area contributed by atoms with Crippen molar-refractivity contribution in [2.75, 3.05) is 75.3 Å². The molecule has 11 rings (SSSR count). The summed E-state index contributed by atoms with van der Waals surface area (Å²) in [6.07, 6.45) is 2.14. The molecular weight excluding hydrogens is 837 g/mol. The number of ether oxygens (including phenoxy) is 2. The fourth-order valence-electron chi connectivity index (χ4n) is 8.31. The number of fused-ring (bicyclic) bond motifs is 6. The summed E-state index contributed by atoms with van der Waals surface area (Å²) in [7, 11) is 0. The number of hydrogen-bond donors (Lipinski definition) is 1. The van der Waals surface area contributed by atoms with E-state index < -0.39 is 0 Å². The van der Waals surface area contributed by atoms with Crippen molar-refractivity contribution in [1.82, 2.24) is 30.2 Å². The number of rotatable bonds is 4. The zero-order valence-electron chi connectivity index (χ0n) is 35.5. The Bertz CT molecular complexity index is 2880. The Hall–Kier alpha value is -6.28. The number of pyridine rings is 4. The van der Waals surface area contributed by atoms with Crippen LogP contribution in [0.2, 0.25) is 5.15 Å². The number of aromatic nitrogens is 4. The van der Waals surface area contributed by atoms with E-state index in [-0.39, 0.29) is 23.6 Å². The van der Waals surface area contributed by atoms with Crippen LogP contribution in [0.5, 0.6) is 11.5 Å². The number of nitrogens with one attached hydrogen (secondary N) is 1. The molecule has 14 heteroatoms. The van der Waals surface area contributed by atoms with Gasteiger partial charge in [-0.05, 0) is 142 Å². The van der Waals surface area contributed by atoms with Gasteiger partial charge in [0, 0.05) is 79.6 Å². The lowest BCUT2D eigenvalue weighted by Gasteiger charge is -2.31. The average molecular weight is 885 g/mol. The van der Waals surface area contributed by atoms with E-state index in [0.717, 1.165) is 139 Å². The average Bonchev–Trinajstić information content (AvgIpc) is 3.73. The van der Waals surface area contributed by atoms with Crippen molar-refractivity contribution in [2.45, 2.75) is 25.9 Å². The van der Waals surface area contributed by atoms with Gasteiger partial charge in [0.2, 0.25) is 0 Å². The van der Waals surface area contributed by atoms with Crippen LogP contribution in [0.15, 0.2) is 115 Å². The first-order chi connectivity index (χ1) is 31.2. The molecule has 64 heavy (non-hydrogen) atoms. The first-order valence-corrected chi connectivity index (χ1v) is 22.1. The smallest absolute Gasteiger partial charge is 0.171 e. The van der Waals surface area contributed by atoms with Gasteiger partial charge in [0.05, 0.1) is 22.1 Å². The molecule has 0 amide bonds. The maximum atomic E-state index is 13.5. The van der Waals surface area contributed by atoms with Gasteiger partial charge < -0.3 is 24.6 Å². The Morgan fingerprint density at radius 2 is 1.20 bits per heavy atom. The lowest BCUT2D eigenvalue weighted by Crippen LogP contribution is -2.42. The third-order valence-corrected chi connectivity index (χ3v) is 11.8. The molecule has 0 spiro atoms. The van der Waals surface area contributed by atoms with Gasteiger partial charge in [-0.25, -0.2) is 28.1 Å². The molecule has 2 saturated heterocycles. The highest BCUT2D eigenvalue weighted by atomic mass is 35.5. The van der Waals surface area contributed by atoms with Crippen molar-refractivity contribution in [1.29, 1.82) is 0 Å². The highest BCUT2D eigenvalue weighted by molar-refractivity contribution is 6.29. The summed E-state index contributed by atoms with van der Waals surface area (Å²) < 4.78 is 51.8. The van der Waals surface area contributed by atoms with Gasteiger partial charge in [-0.15, -0.1) is 0 Å². The van der Waals surface area contributed by atoms with Gasteiger partial charge in [0.1, 0.15) is 47.0 Å². The van der Waals surface area contributed by atoms with Crippen LogP contribution < -0.4 is 24.6 Å². The third-order valence-electron chi connectivity index (χ3n) is 11.6. The molecule has 0 bridgehead atoms. The molecule has 2 fully saturated rings. The second kappa shape index (κ2) is 19.6. The van der Waals surface area contributed by atoms with Crippen LogP contribution in [-0.2, 0) is 0 Å². The number of halogens is 4. The van der Waals surface area contributed by atoms with Gasteiger partial charge in [-0.1, -0.05) is 11.6 Å². The van der Waals surface area contributed by atoms with E-state index in [1.165, 1.54) is 36.4 Å². The second-order valence-electron chi connectivity index (χ2n) is 16.2. The van der Waals surface area contributed by atoms with E-state index in [1.54, 1.807) is 30.3 Å². The summed E-state index contributed by atoms with van der Waals surface area (Å²) in [5, 5.41) is 7.24. The zero-order valence-corrected chi connectivity index (χ0v) is 36.2. The van der Waals surface area contributed by atoms with E-state index in [1.807, 2.05) is 49.4 Å². The quantitative estimate of drug-likeness (QED) is 0.172. The van der Waals surface area contributed by atoms with Crippen LogP contribution in [0.1, 0.15) is 18.5 Å². The van der Waals surface area contributed by atoms with E-state index in [4.69, 9.17) is 26.1 Å². The normalized spacial score (nSPS) is 16.7. The first-order valence-electron chi connectivity index (χ1n) is 21.7. The van der Waals surface area contributed by atoms with E-state index in [9.17, 15) is 13.2 Å². The number of benzene rings is 4. The van der Waals surface area contributed by atoms with Crippen LogP contribution in [0.4, 0.5) is 24.8 Å². The number of aryl methyl sites for hydroxylation is 1. The molecule has 3 aliphatic heterocycles. The molecule has 0 aliphatic carbocycles. The van der Waals surface area contributed by atoms with Gasteiger partial charge in [0.25, 0.3) is 0 Å². The van der Waals surface area contributed by atoms with Crippen molar-refractivity contribution in [3.8, 4) is 11.5 Å². The molecule has 10 nitrogen and oxygen atoms in total. The van der Waals surface area contributed by atoms with Crippen LogP contribution >= 0.6 is 11.6 Å². The molecule has 7 heterocycles. The predicted octanol–water partition coefficient (Wildman–Crippen LogP) is 9.78. The van der Waals surface area contributed by atoms with Crippen molar-refractivity contribution < 1.29 is 22.6 Å². The second-order valence-corrected chi connectivity index (χ2v) is 16.6. The third kappa shape index (κ3) is 10.4. The molecule has 0 radical (unpaired) electrons. The summed E-state index contributed by atoms with van der Waals surface area (Å²) in [6, 6.07) is 33.1. The van der Waals surface area contributed by atoms with Gasteiger partial charge in [-0.2, -0.15) is 0 Å².